The number of methoxy groups -OCH3 is 1. The summed E-state index contributed by atoms with van der Waals surface area (Å²) in [5.41, 5.74) is 4.73. The largest absolute Gasteiger partial charge is 0.467 e. The summed E-state index contributed by atoms with van der Waals surface area (Å²) in [4.78, 5) is 37.7. The van der Waals surface area contributed by atoms with Crippen LogP contribution in [0.1, 0.15) is 29.5 Å². The van der Waals surface area contributed by atoms with Gasteiger partial charge in [0.15, 0.2) is 0 Å². The van der Waals surface area contributed by atoms with Crippen LogP contribution in [-0.2, 0) is 35.9 Å². The van der Waals surface area contributed by atoms with Crippen molar-refractivity contribution in [3.8, 4) is 16.9 Å². The molecule has 0 fully saturated rings. The molecule has 4 rings (SSSR count). The zero-order valence-corrected chi connectivity index (χ0v) is 22.5. The number of alkyl carbamates (subject to hydrolysis) is 1. The number of hydrogen-bond acceptors (Lipinski definition) is 8. The lowest BCUT2D eigenvalue weighted by molar-refractivity contribution is -0.144. The van der Waals surface area contributed by atoms with E-state index in [0.29, 0.717) is 5.56 Å². The second kappa shape index (κ2) is 12.2. The van der Waals surface area contributed by atoms with Crippen molar-refractivity contribution in [2.45, 2.75) is 31.3 Å². The lowest BCUT2D eigenvalue weighted by Crippen LogP contribution is -2.52. The number of carbonyl (C=O) groups excluding carboxylic acids is 3. The molecule has 3 aromatic rings. The standard InChI is InChI=1S/C28H28N2O9S/c1-17(27(32)37-2)29-26(31)25(15-18-11-13-19(14-12-18)39-40(34,35)36)30-28(33)38-16-24-22-9-5-3-7-20(22)21-8-4-6-10-23(21)24/h3-14,17,24-25H,15-16H2,1-2H3,(H,29,31)(H,30,33)(H,34,35,36)/t17-,25-/m0/s1. The smallest absolute Gasteiger partial charge is 0.446 e. The second-order valence-electron chi connectivity index (χ2n) is 9.14. The van der Waals surface area contributed by atoms with E-state index < -0.39 is 40.5 Å². The number of benzene rings is 3. The summed E-state index contributed by atoms with van der Waals surface area (Å²) in [7, 11) is -3.51. The minimum atomic E-state index is -4.70. The molecule has 0 aromatic heterocycles. The van der Waals surface area contributed by atoms with Crippen molar-refractivity contribution in [3.63, 3.8) is 0 Å². The summed E-state index contributed by atoms with van der Waals surface area (Å²) < 4.78 is 45.3. The van der Waals surface area contributed by atoms with Crippen molar-refractivity contribution in [2.24, 2.45) is 0 Å². The van der Waals surface area contributed by atoms with Crippen LogP contribution in [-0.4, -0.2) is 56.7 Å². The first kappa shape index (κ1) is 28.6. The van der Waals surface area contributed by atoms with Gasteiger partial charge in [0.1, 0.15) is 24.4 Å². The maximum absolute atomic E-state index is 13.0. The fourth-order valence-corrected chi connectivity index (χ4v) is 4.93. The van der Waals surface area contributed by atoms with Gasteiger partial charge in [-0.2, -0.15) is 8.42 Å². The highest BCUT2D eigenvalue weighted by Crippen LogP contribution is 2.44. The average molecular weight is 569 g/mol. The number of nitrogens with one attached hydrogen (secondary N) is 2. The summed E-state index contributed by atoms with van der Waals surface area (Å²) in [6.45, 7) is 1.48. The highest BCUT2D eigenvalue weighted by atomic mass is 32.3. The number of hydrogen-bond donors (Lipinski definition) is 3. The summed E-state index contributed by atoms with van der Waals surface area (Å²) in [6.07, 6.45) is -0.866. The monoisotopic (exact) mass is 568 g/mol. The zero-order chi connectivity index (χ0) is 28.9. The molecule has 0 radical (unpaired) electrons. The molecule has 0 saturated heterocycles. The Morgan fingerprint density at radius 1 is 0.900 bits per heavy atom. The molecule has 2 atom stereocenters. The van der Waals surface area contributed by atoms with E-state index in [0.717, 1.165) is 22.3 Å². The van der Waals surface area contributed by atoms with Gasteiger partial charge in [-0.15, -0.1) is 0 Å². The number of amides is 2. The molecular formula is C28H28N2O9S. The molecule has 40 heavy (non-hydrogen) atoms. The predicted molar refractivity (Wildman–Crippen MR) is 144 cm³/mol. The Bertz CT molecular complexity index is 1460. The molecule has 0 unspecified atom stereocenters. The van der Waals surface area contributed by atoms with Crippen molar-refractivity contribution in [1.29, 1.82) is 0 Å². The van der Waals surface area contributed by atoms with Crippen LogP contribution in [0.25, 0.3) is 11.1 Å². The first-order valence-corrected chi connectivity index (χ1v) is 13.7. The Morgan fingerprint density at radius 3 is 2.02 bits per heavy atom. The van der Waals surface area contributed by atoms with Gasteiger partial charge in [0.2, 0.25) is 5.91 Å². The van der Waals surface area contributed by atoms with Crippen molar-refractivity contribution >= 4 is 28.4 Å². The van der Waals surface area contributed by atoms with Crippen molar-refractivity contribution in [1.82, 2.24) is 10.6 Å². The molecule has 0 aliphatic heterocycles. The van der Waals surface area contributed by atoms with Gasteiger partial charge in [-0.1, -0.05) is 60.7 Å². The normalized spacial score (nSPS) is 13.8. The zero-order valence-electron chi connectivity index (χ0n) is 21.7. The maximum atomic E-state index is 13.0. The Balaban J connectivity index is 1.47. The van der Waals surface area contributed by atoms with Crippen LogP contribution in [0.4, 0.5) is 4.79 Å². The van der Waals surface area contributed by atoms with Crippen LogP contribution < -0.4 is 14.8 Å². The van der Waals surface area contributed by atoms with Gasteiger partial charge in [-0.05, 0) is 46.9 Å². The van der Waals surface area contributed by atoms with Gasteiger partial charge < -0.3 is 24.3 Å². The number of fused-ring (bicyclic) bond motifs is 3. The van der Waals surface area contributed by atoms with E-state index in [1.54, 1.807) is 0 Å². The lowest BCUT2D eigenvalue weighted by atomic mass is 9.98. The molecule has 0 heterocycles. The van der Waals surface area contributed by atoms with E-state index in [1.165, 1.54) is 38.3 Å². The van der Waals surface area contributed by atoms with Crippen LogP contribution in [0.2, 0.25) is 0 Å². The Morgan fingerprint density at radius 2 is 1.48 bits per heavy atom. The molecule has 0 spiro atoms. The molecule has 2 amide bonds. The van der Waals surface area contributed by atoms with E-state index >= 15 is 0 Å². The molecule has 0 bridgehead atoms. The number of ether oxygens (including phenoxy) is 2. The van der Waals surface area contributed by atoms with Crippen LogP contribution in [0.15, 0.2) is 72.8 Å². The molecule has 1 aliphatic carbocycles. The molecule has 1 aliphatic rings. The second-order valence-corrected chi connectivity index (χ2v) is 10.2. The Hall–Kier alpha value is -4.42. The number of carbonyl (C=O) groups is 3. The molecule has 3 aromatic carbocycles. The van der Waals surface area contributed by atoms with E-state index in [9.17, 15) is 22.8 Å². The number of rotatable bonds is 10. The highest BCUT2D eigenvalue weighted by Gasteiger charge is 2.30. The molecule has 11 nitrogen and oxygen atoms in total. The van der Waals surface area contributed by atoms with Crippen LogP contribution in [0.5, 0.6) is 5.75 Å². The van der Waals surface area contributed by atoms with E-state index in [1.807, 2.05) is 48.5 Å². The highest BCUT2D eigenvalue weighted by molar-refractivity contribution is 7.81. The maximum Gasteiger partial charge on any atom is 0.446 e. The summed E-state index contributed by atoms with van der Waals surface area (Å²) in [5, 5.41) is 5.06. The van der Waals surface area contributed by atoms with Crippen molar-refractivity contribution in [3.05, 3.63) is 89.5 Å². The van der Waals surface area contributed by atoms with Crippen LogP contribution >= 0.6 is 0 Å². The SMILES string of the molecule is COC(=O)[C@H](C)NC(=O)[C@H](Cc1ccc(OS(=O)(=O)O)cc1)NC(=O)OCC1c2ccccc2-c2ccccc21. The third-order valence-electron chi connectivity index (χ3n) is 6.43. The topological polar surface area (TPSA) is 157 Å². The molecule has 12 heteroatoms. The molecular weight excluding hydrogens is 540 g/mol. The first-order valence-electron chi connectivity index (χ1n) is 12.3. The molecule has 0 saturated carbocycles. The van der Waals surface area contributed by atoms with E-state index in [4.69, 9.17) is 9.29 Å². The lowest BCUT2D eigenvalue weighted by Gasteiger charge is -2.21. The summed E-state index contributed by atoms with van der Waals surface area (Å²) >= 11 is 0. The van der Waals surface area contributed by atoms with E-state index in [-0.39, 0.29) is 24.7 Å². The average Bonchev–Trinajstić information content (AvgIpc) is 3.24. The van der Waals surface area contributed by atoms with Crippen molar-refractivity contribution in [2.75, 3.05) is 13.7 Å². The summed E-state index contributed by atoms with van der Waals surface area (Å²) in [6, 6.07) is 19.1. The van der Waals surface area contributed by atoms with Gasteiger partial charge in [0.05, 0.1) is 7.11 Å². The fraction of sp³-hybridized carbons (Fsp3) is 0.250. The third-order valence-corrected chi connectivity index (χ3v) is 6.83. The van der Waals surface area contributed by atoms with E-state index in [2.05, 4.69) is 19.6 Å². The van der Waals surface area contributed by atoms with Gasteiger partial charge in [-0.25, -0.2) is 9.59 Å². The molecule has 3 N–H and O–H groups in total. The Labute approximate surface area is 231 Å². The Kier molecular flexibility index (Phi) is 8.70. The number of esters is 1. The van der Waals surface area contributed by atoms with Crippen LogP contribution in [0, 0.1) is 0 Å². The quantitative estimate of drug-likeness (QED) is 0.247. The third kappa shape index (κ3) is 6.96. The minimum absolute atomic E-state index is 0.0317. The van der Waals surface area contributed by atoms with Gasteiger partial charge in [0, 0.05) is 12.3 Å². The molecule has 210 valence electrons. The van der Waals surface area contributed by atoms with Crippen molar-refractivity contribution < 1.29 is 41.0 Å². The van der Waals surface area contributed by atoms with Gasteiger partial charge in [0.25, 0.3) is 0 Å². The van der Waals surface area contributed by atoms with Gasteiger partial charge in [-0.3, -0.25) is 9.35 Å². The minimum Gasteiger partial charge on any atom is -0.467 e. The summed E-state index contributed by atoms with van der Waals surface area (Å²) in [5.74, 6) is -1.65. The fourth-order valence-electron chi connectivity index (χ4n) is 4.58. The van der Waals surface area contributed by atoms with Gasteiger partial charge >= 0.3 is 22.5 Å². The van der Waals surface area contributed by atoms with Crippen LogP contribution in [0.3, 0.4) is 0 Å². The first-order chi connectivity index (χ1) is 19.1. The predicted octanol–water partition coefficient (Wildman–Crippen LogP) is 3.00.